The molecular weight excluding hydrogens is 231 g/mol. The molecule has 2 rings (SSSR count). The van der Waals surface area contributed by atoms with E-state index in [2.05, 4.69) is 0 Å². The molecule has 1 unspecified atom stereocenters. The topological polar surface area (TPSA) is 37.3 Å². The molecule has 0 aliphatic rings. The Balaban J connectivity index is 2.46. The molecule has 0 fully saturated rings. The number of carboxylic acids is 1. The predicted octanol–water partition coefficient (Wildman–Crippen LogP) is 3.68. The Hall–Kier alpha value is -2.16. The van der Waals surface area contributed by atoms with Crippen LogP contribution in [0.2, 0.25) is 0 Å². The summed E-state index contributed by atoms with van der Waals surface area (Å²) in [6.07, 6.45) is 0. The average molecular weight is 247 g/mol. The van der Waals surface area contributed by atoms with Gasteiger partial charge in [0, 0.05) is 9.68 Å². The van der Waals surface area contributed by atoms with Gasteiger partial charge in [-0.15, -0.1) is 0 Å². The van der Waals surface area contributed by atoms with Crippen LogP contribution in [0, 0.1) is 5.82 Å². The van der Waals surface area contributed by atoms with Crippen LogP contribution in [-0.4, -0.2) is 11.1 Å². The summed E-state index contributed by atoms with van der Waals surface area (Å²) in [6, 6.07) is 12.5. The minimum absolute atomic E-state index is 0.0697. The lowest BCUT2D eigenvalue weighted by Crippen LogP contribution is -2.07. The van der Waals surface area contributed by atoms with Gasteiger partial charge in [0.05, 0.1) is 5.92 Å². The fraction of sp³-hybridized carbons (Fsp3) is 0.133. The third-order valence-corrected chi connectivity index (χ3v) is 2.66. The molecule has 1 N–H and O–H groups in total. The van der Waals surface area contributed by atoms with Gasteiger partial charge >= 0.3 is 5.97 Å². The van der Waals surface area contributed by atoms with Crippen LogP contribution in [0.3, 0.4) is 0 Å². The highest BCUT2D eigenvalue weighted by atomic mass is 19.1. The summed E-state index contributed by atoms with van der Waals surface area (Å²) >= 11 is 0. The fourth-order valence-corrected chi connectivity index (χ4v) is 1.71. The minimum atomic E-state index is -2.73. The smallest absolute Gasteiger partial charge is 0.310 e. The van der Waals surface area contributed by atoms with E-state index in [9.17, 15) is 9.18 Å². The number of hydrogen-bond acceptors (Lipinski definition) is 1. The lowest BCUT2D eigenvalue weighted by Gasteiger charge is -2.09. The van der Waals surface area contributed by atoms with E-state index in [0.717, 1.165) is 6.07 Å². The summed E-state index contributed by atoms with van der Waals surface area (Å²) in [7, 11) is 0. The van der Waals surface area contributed by atoms with Gasteiger partial charge in [0.2, 0.25) is 0 Å². The van der Waals surface area contributed by atoms with Gasteiger partial charge in [-0.1, -0.05) is 42.5 Å². The predicted molar refractivity (Wildman–Crippen MR) is 67.9 cm³/mol. The molecule has 0 saturated carbocycles. The van der Waals surface area contributed by atoms with E-state index in [1.165, 1.54) is 12.1 Å². The first-order valence-electron chi connectivity index (χ1n) is 6.88. The maximum Gasteiger partial charge on any atom is 0.310 e. The number of carboxylic acid groups (broad SMARTS) is 1. The monoisotopic (exact) mass is 247 g/mol. The average Bonchev–Trinajstić information content (AvgIpc) is 2.37. The van der Waals surface area contributed by atoms with E-state index in [-0.39, 0.29) is 5.56 Å². The number of carbonyl (C=O) groups is 1. The second kappa shape index (κ2) is 5.00. The second-order valence-corrected chi connectivity index (χ2v) is 3.88. The van der Waals surface area contributed by atoms with Gasteiger partial charge in [-0.25, -0.2) is 4.39 Å². The Morgan fingerprint density at radius 2 is 2.00 bits per heavy atom. The molecule has 3 heteroatoms. The molecule has 0 saturated heterocycles. The molecule has 2 aromatic carbocycles. The van der Waals surface area contributed by atoms with Crippen LogP contribution in [0.4, 0.5) is 4.39 Å². The first-order chi connectivity index (χ1) is 9.80. The van der Waals surface area contributed by atoms with Crippen molar-refractivity contribution >= 4 is 5.97 Å². The molecule has 18 heavy (non-hydrogen) atoms. The van der Waals surface area contributed by atoms with Crippen molar-refractivity contribution in [2.24, 2.45) is 0 Å². The van der Waals surface area contributed by atoms with Crippen molar-refractivity contribution in [3.63, 3.8) is 0 Å². The van der Waals surface area contributed by atoms with Gasteiger partial charge in [0.25, 0.3) is 0 Å². The van der Waals surface area contributed by atoms with Crippen LogP contribution in [0.5, 0.6) is 0 Å². The lowest BCUT2D eigenvalue weighted by molar-refractivity contribution is -0.138. The molecule has 1 atom stereocenters. The zero-order valence-corrected chi connectivity index (χ0v) is 9.43. The number of aliphatic carboxylic acids is 1. The number of halogens is 1. The molecule has 0 radical (unpaired) electrons. The third-order valence-electron chi connectivity index (χ3n) is 2.66. The number of hydrogen-bond donors (Lipinski definition) is 1. The van der Waals surface area contributed by atoms with Crippen molar-refractivity contribution in [3.05, 3.63) is 59.9 Å². The van der Waals surface area contributed by atoms with Crippen molar-refractivity contribution in [1.29, 1.82) is 0 Å². The summed E-state index contributed by atoms with van der Waals surface area (Å²) in [5.41, 5.74) is 0.871. The molecule has 0 aliphatic carbocycles. The van der Waals surface area contributed by atoms with Crippen molar-refractivity contribution < 1.29 is 18.4 Å². The lowest BCUT2D eigenvalue weighted by atomic mass is 9.97. The Labute approximate surface area is 109 Å². The quantitative estimate of drug-likeness (QED) is 0.898. The van der Waals surface area contributed by atoms with Gasteiger partial charge < -0.3 is 5.11 Å². The van der Waals surface area contributed by atoms with Crippen LogP contribution in [0.1, 0.15) is 22.4 Å². The van der Waals surface area contributed by atoms with E-state index < -0.39 is 24.6 Å². The van der Waals surface area contributed by atoms with Crippen molar-refractivity contribution in [2.45, 2.75) is 12.8 Å². The van der Waals surface area contributed by atoms with E-state index in [4.69, 9.17) is 9.22 Å². The molecule has 0 spiro atoms. The molecule has 2 aromatic rings. The molecule has 0 aliphatic heterocycles. The summed E-state index contributed by atoms with van der Waals surface area (Å²) in [5.74, 6) is -3.88. The van der Waals surface area contributed by atoms with Gasteiger partial charge in [0.1, 0.15) is 5.82 Å². The highest BCUT2D eigenvalue weighted by Crippen LogP contribution is 2.26. The first-order valence-corrected chi connectivity index (χ1v) is 5.38. The Morgan fingerprint density at radius 3 is 2.56 bits per heavy atom. The maximum absolute atomic E-state index is 14.2. The summed E-state index contributed by atoms with van der Waals surface area (Å²) in [6.45, 7) is -2.73. The Kier molecular flexibility index (Phi) is 2.46. The summed E-state index contributed by atoms with van der Waals surface area (Å²) in [4.78, 5) is 11.1. The van der Waals surface area contributed by atoms with E-state index in [1.54, 1.807) is 30.3 Å². The highest BCUT2D eigenvalue weighted by molar-refractivity contribution is 5.76. The van der Waals surface area contributed by atoms with Gasteiger partial charge in [-0.05, 0) is 24.0 Å². The maximum atomic E-state index is 14.2. The van der Waals surface area contributed by atoms with Crippen LogP contribution in [0.25, 0.3) is 11.1 Å². The van der Waals surface area contributed by atoms with Gasteiger partial charge in [0.15, 0.2) is 0 Å². The summed E-state index contributed by atoms with van der Waals surface area (Å²) < 4.78 is 36.0. The largest absolute Gasteiger partial charge is 0.481 e. The van der Waals surface area contributed by atoms with Crippen molar-refractivity contribution in [2.75, 3.05) is 0 Å². The minimum Gasteiger partial charge on any atom is -0.481 e. The standard InChI is InChI=1S/C15H13FO2/c1-10(15(17)18)12-7-8-13(14(16)9-12)11-5-3-2-4-6-11/h2-10H,1H3,(H,17,18)/i1D3. The molecule has 0 aromatic heterocycles. The fourth-order valence-electron chi connectivity index (χ4n) is 1.71. The van der Waals surface area contributed by atoms with E-state index in [1.807, 2.05) is 0 Å². The van der Waals surface area contributed by atoms with Crippen LogP contribution < -0.4 is 0 Å². The van der Waals surface area contributed by atoms with Crippen LogP contribution in [0.15, 0.2) is 48.5 Å². The molecule has 2 nitrogen and oxygen atoms in total. The van der Waals surface area contributed by atoms with Crippen molar-refractivity contribution in [1.82, 2.24) is 0 Å². The summed E-state index contributed by atoms with van der Waals surface area (Å²) in [5, 5.41) is 9.06. The van der Waals surface area contributed by atoms with Gasteiger partial charge in [-0.2, -0.15) is 0 Å². The normalized spacial score (nSPS) is 15.3. The van der Waals surface area contributed by atoms with Gasteiger partial charge in [-0.3, -0.25) is 4.79 Å². The molecule has 0 bridgehead atoms. The zero-order valence-electron chi connectivity index (χ0n) is 12.4. The zero-order chi connectivity index (χ0) is 15.6. The van der Waals surface area contributed by atoms with E-state index >= 15 is 0 Å². The van der Waals surface area contributed by atoms with Crippen LogP contribution in [-0.2, 0) is 4.79 Å². The molecule has 92 valence electrons. The SMILES string of the molecule is [2H]C([2H])([2H])C(C(=O)O)c1ccc(-c2ccccc2)c(F)c1. The van der Waals surface area contributed by atoms with E-state index in [0.29, 0.717) is 11.1 Å². The number of benzene rings is 2. The molecular formula is C15H13FO2. The van der Waals surface area contributed by atoms with Crippen molar-refractivity contribution in [3.8, 4) is 11.1 Å². The Morgan fingerprint density at radius 1 is 1.28 bits per heavy atom. The number of rotatable bonds is 3. The van der Waals surface area contributed by atoms with Crippen LogP contribution >= 0.6 is 0 Å². The second-order valence-electron chi connectivity index (χ2n) is 3.88. The highest BCUT2D eigenvalue weighted by Gasteiger charge is 2.15. The first kappa shape index (κ1) is 8.86. The third kappa shape index (κ3) is 2.40. The molecule has 0 amide bonds. The molecule has 0 heterocycles. The Bertz CT molecular complexity index is 654.